The van der Waals surface area contributed by atoms with Crippen molar-refractivity contribution in [2.75, 3.05) is 0 Å². The zero-order valence-electron chi connectivity index (χ0n) is 11.1. The highest BCUT2D eigenvalue weighted by molar-refractivity contribution is 7.98. The van der Waals surface area contributed by atoms with Crippen LogP contribution in [-0.4, -0.2) is 9.55 Å². The maximum Gasteiger partial charge on any atom is 0.168 e. The summed E-state index contributed by atoms with van der Waals surface area (Å²) in [6.07, 6.45) is 3.91. The fourth-order valence-corrected chi connectivity index (χ4v) is 2.97. The number of hydrogen-bond donors (Lipinski definition) is 0. The Hall–Kier alpha value is -2.00. The van der Waals surface area contributed by atoms with Gasteiger partial charge in [0.15, 0.2) is 5.16 Å². The molecule has 0 aliphatic rings. The summed E-state index contributed by atoms with van der Waals surface area (Å²) in [5, 5.41) is 1.07. The van der Waals surface area contributed by atoms with Gasteiger partial charge in [-0.05, 0) is 11.1 Å². The normalized spacial score (nSPS) is 10.6. The molecule has 0 fully saturated rings. The quantitative estimate of drug-likeness (QED) is 0.651. The zero-order valence-corrected chi connectivity index (χ0v) is 12.0. The lowest BCUT2D eigenvalue weighted by molar-refractivity contribution is 0.708. The molecule has 100 valence electrons. The van der Waals surface area contributed by atoms with Crippen molar-refractivity contribution in [3.05, 3.63) is 84.2 Å². The van der Waals surface area contributed by atoms with E-state index in [9.17, 15) is 0 Å². The van der Waals surface area contributed by atoms with Crippen molar-refractivity contribution >= 4 is 11.8 Å². The van der Waals surface area contributed by atoms with Crippen molar-refractivity contribution in [1.29, 1.82) is 0 Å². The summed E-state index contributed by atoms with van der Waals surface area (Å²) in [7, 11) is 0. The summed E-state index contributed by atoms with van der Waals surface area (Å²) in [6.45, 7) is 0.873. The van der Waals surface area contributed by atoms with E-state index in [1.807, 2.05) is 24.5 Å². The summed E-state index contributed by atoms with van der Waals surface area (Å²) in [5.41, 5.74) is 2.62. The van der Waals surface area contributed by atoms with Gasteiger partial charge in [-0.15, -0.1) is 0 Å². The van der Waals surface area contributed by atoms with Gasteiger partial charge in [0.25, 0.3) is 0 Å². The first-order valence-corrected chi connectivity index (χ1v) is 7.62. The van der Waals surface area contributed by atoms with Gasteiger partial charge in [0.1, 0.15) is 0 Å². The van der Waals surface area contributed by atoms with Crippen LogP contribution in [0.2, 0.25) is 0 Å². The molecule has 0 aliphatic heterocycles. The molecule has 0 amide bonds. The predicted molar refractivity (Wildman–Crippen MR) is 83.8 cm³/mol. The van der Waals surface area contributed by atoms with Crippen LogP contribution >= 0.6 is 11.8 Å². The predicted octanol–water partition coefficient (Wildman–Crippen LogP) is 4.22. The Labute approximate surface area is 123 Å². The molecule has 0 bridgehead atoms. The molecule has 1 heterocycles. The van der Waals surface area contributed by atoms with Crippen LogP contribution < -0.4 is 0 Å². The number of aromatic nitrogens is 2. The van der Waals surface area contributed by atoms with Crippen LogP contribution in [0.5, 0.6) is 0 Å². The molecule has 0 N–H and O–H groups in total. The van der Waals surface area contributed by atoms with Crippen LogP contribution in [0.15, 0.2) is 78.2 Å². The van der Waals surface area contributed by atoms with Crippen molar-refractivity contribution in [2.24, 2.45) is 0 Å². The Morgan fingerprint density at radius 3 is 2.20 bits per heavy atom. The zero-order chi connectivity index (χ0) is 13.6. The van der Waals surface area contributed by atoms with E-state index in [0.717, 1.165) is 17.5 Å². The van der Waals surface area contributed by atoms with E-state index in [1.54, 1.807) is 11.8 Å². The molecule has 2 aromatic carbocycles. The molecule has 0 atom stereocenters. The van der Waals surface area contributed by atoms with E-state index in [0.29, 0.717) is 0 Å². The topological polar surface area (TPSA) is 17.8 Å². The first-order chi connectivity index (χ1) is 9.92. The molecule has 0 unspecified atom stereocenters. The Morgan fingerprint density at radius 1 is 0.850 bits per heavy atom. The maximum absolute atomic E-state index is 4.45. The summed E-state index contributed by atoms with van der Waals surface area (Å²) < 4.78 is 2.20. The van der Waals surface area contributed by atoms with Crippen LogP contribution in [0.1, 0.15) is 11.1 Å². The monoisotopic (exact) mass is 280 g/mol. The van der Waals surface area contributed by atoms with Crippen molar-refractivity contribution in [2.45, 2.75) is 17.5 Å². The van der Waals surface area contributed by atoms with Gasteiger partial charge < -0.3 is 4.57 Å². The van der Waals surface area contributed by atoms with Gasteiger partial charge in [-0.25, -0.2) is 4.98 Å². The second-order valence-electron chi connectivity index (χ2n) is 4.60. The number of imidazole rings is 1. The van der Waals surface area contributed by atoms with Gasteiger partial charge >= 0.3 is 0 Å². The first kappa shape index (κ1) is 13.0. The number of nitrogens with zero attached hydrogens (tertiary/aromatic N) is 2. The standard InChI is InChI=1S/C17H16N2S/c1-3-7-15(8-4-1)13-19-12-11-18-17(19)20-14-16-9-5-2-6-10-16/h1-12H,13-14H2. The van der Waals surface area contributed by atoms with E-state index in [-0.39, 0.29) is 0 Å². The van der Waals surface area contributed by atoms with E-state index in [2.05, 4.69) is 58.1 Å². The highest BCUT2D eigenvalue weighted by Gasteiger charge is 2.04. The highest BCUT2D eigenvalue weighted by atomic mass is 32.2. The lowest BCUT2D eigenvalue weighted by Crippen LogP contribution is -2.00. The number of hydrogen-bond acceptors (Lipinski definition) is 2. The molecular formula is C17H16N2S. The van der Waals surface area contributed by atoms with Crippen molar-refractivity contribution in [3.63, 3.8) is 0 Å². The molecule has 0 saturated carbocycles. The Balaban J connectivity index is 1.68. The number of benzene rings is 2. The minimum absolute atomic E-state index is 0.873. The third-order valence-electron chi connectivity index (χ3n) is 3.08. The SMILES string of the molecule is c1ccc(CSc2nccn2Cc2ccccc2)cc1. The average Bonchev–Trinajstić information content (AvgIpc) is 2.94. The van der Waals surface area contributed by atoms with Crippen molar-refractivity contribution in [3.8, 4) is 0 Å². The molecule has 20 heavy (non-hydrogen) atoms. The Kier molecular flexibility index (Phi) is 4.19. The minimum atomic E-state index is 0.873. The lowest BCUT2D eigenvalue weighted by Gasteiger charge is -2.07. The van der Waals surface area contributed by atoms with E-state index in [4.69, 9.17) is 0 Å². The van der Waals surface area contributed by atoms with E-state index in [1.165, 1.54) is 11.1 Å². The Bertz CT molecular complexity index is 647. The highest BCUT2D eigenvalue weighted by Crippen LogP contribution is 2.21. The number of thioether (sulfide) groups is 1. The molecule has 3 heteroatoms. The van der Waals surface area contributed by atoms with Crippen LogP contribution in [0, 0.1) is 0 Å². The van der Waals surface area contributed by atoms with Gasteiger partial charge in [0.2, 0.25) is 0 Å². The van der Waals surface area contributed by atoms with Gasteiger partial charge in [-0.2, -0.15) is 0 Å². The van der Waals surface area contributed by atoms with Crippen LogP contribution in [0.4, 0.5) is 0 Å². The van der Waals surface area contributed by atoms with Gasteiger partial charge in [-0.1, -0.05) is 72.4 Å². The molecule has 0 aliphatic carbocycles. The maximum atomic E-state index is 4.45. The van der Waals surface area contributed by atoms with Crippen LogP contribution in [0.25, 0.3) is 0 Å². The van der Waals surface area contributed by atoms with Crippen molar-refractivity contribution < 1.29 is 0 Å². The van der Waals surface area contributed by atoms with E-state index >= 15 is 0 Å². The van der Waals surface area contributed by atoms with Crippen LogP contribution in [-0.2, 0) is 12.3 Å². The summed E-state index contributed by atoms with van der Waals surface area (Å²) in [6, 6.07) is 21.0. The largest absolute Gasteiger partial charge is 0.322 e. The molecule has 1 aromatic heterocycles. The second-order valence-corrected chi connectivity index (χ2v) is 5.54. The molecule has 3 aromatic rings. The van der Waals surface area contributed by atoms with Gasteiger partial charge in [0, 0.05) is 24.7 Å². The van der Waals surface area contributed by atoms with Gasteiger partial charge in [-0.3, -0.25) is 0 Å². The first-order valence-electron chi connectivity index (χ1n) is 6.63. The fourth-order valence-electron chi connectivity index (χ4n) is 2.06. The van der Waals surface area contributed by atoms with E-state index < -0.39 is 0 Å². The molecule has 3 rings (SSSR count). The molecular weight excluding hydrogens is 264 g/mol. The Morgan fingerprint density at radius 2 is 1.50 bits per heavy atom. The summed E-state index contributed by atoms with van der Waals surface area (Å²) in [5.74, 6) is 0.951. The average molecular weight is 280 g/mol. The van der Waals surface area contributed by atoms with Gasteiger partial charge in [0.05, 0.1) is 0 Å². The third-order valence-corrected chi connectivity index (χ3v) is 4.16. The molecule has 2 nitrogen and oxygen atoms in total. The molecule has 0 spiro atoms. The molecule has 0 radical (unpaired) electrons. The van der Waals surface area contributed by atoms with Crippen molar-refractivity contribution in [1.82, 2.24) is 9.55 Å². The fraction of sp³-hybridized carbons (Fsp3) is 0.118. The smallest absolute Gasteiger partial charge is 0.168 e. The lowest BCUT2D eigenvalue weighted by atomic mass is 10.2. The summed E-state index contributed by atoms with van der Waals surface area (Å²) >= 11 is 1.78. The third kappa shape index (κ3) is 3.31. The molecule has 0 saturated heterocycles. The van der Waals surface area contributed by atoms with Crippen LogP contribution in [0.3, 0.4) is 0 Å². The second kappa shape index (κ2) is 6.44. The minimum Gasteiger partial charge on any atom is -0.322 e. The number of rotatable bonds is 5. The summed E-state index contributed by atoms with van der Waals surface area (Å²) in [4.78, 5) is 4.45.